The summed E-state index contributed by atoms with van der Waals surface area (Å²) >= 11 is 0. The maximum absolute atomic E-state index is 13.0. The van der Waals surface area contributed by atoms with Gasteiger partial charge < -0.3 is 14.7 Å². The first kappa shape index (κ1) is 16.8. The van der Waals surface area contributed by atoms with Crippen molar-refractivity contribution in [3.05, 3.63) is 29.3 Å². The SMILES string of the molecule is CC(C)OCCN(C)c1ccc(CO)cc1C(F)(F)F. The summed E-state index contributed by atoms with van der Waals surface area (Å²) in [6.07, 6.45) is -4.41. The number of aliphatic hydroxyl groups is 1. The Morgan fingerprint density at radius 1 is 1.30 bits per heavy atom. The van der Waals surface area contributed by atoms with Crippen LogP contribution in [0.5, 0.6) is 0 Å². The fourth-order valence-electron chi connectivity index (χ4n) is 1.79. The molecular weight excluding hydrogens is 271 g/mol. The van der Waals surface area contributed by atoms with Crippen molar-refractivity contribution in [2.75, 3.05) is 25.1 Å². The number of rotatable bonds is 6. The molecule has 0 amide bonds. The lowest BCUT2D eigenvalue weighted by Gasteiger charge is -2.24. The topological polar surface area (TPSA) is 32.7 Å². The standard InChI is InChI=1S/C14H20F3NO2/c1-10(2)20-7-6-18(3)13-5-4-11(9-19)8-12(13)14(15,16)17/h4-5,8,10,19H,6-7,9H2,1-3H3. The van der Waals surface area contributed by atoms with Crippen LogP contribution in [0.3, 0.4) is 0 Å². The van der Waals surface area contributed by atoms with Gasteiger partial charge in [-0.05, 0) is 31.5 Å². The minimum absolute atomic E-state index is 0.0438. The molecule has 1 aromatic carbocycles. The van der Waals surface area contributed by atoms with Gasteiger partial charge in [-0.25, -0.2) is 0 Å². The van der Waals surface area contributed by atoms with E-state index in [-0.39, 0.29) is 17.4 Å². The Hall–Kier alpha value is -1.27. The molecule has 1 rings (SSSR count). The molecule has 0 heterocycles. The molecule has 0 aliphatic rings. The van der Waals surface area contributed by atoms with Crippen molar-refractivity contribution in [1.82, 2.24) is 0 Å². The minimum atomic E-state index is -4.45. The molecule has 0 fully saturated rings. The third-order valence-electron chi connectivity index (χ3n) is 2.84. The van der Waals surface area contributed by atoms with E-state index in [0.717, 1.165) is 6.07 Å². The molecule has 20 heavy (non-hydrogen) atoms. The first-order chi connectivity index (χ1) is 9.25. The van der Waals surface area contributed by atoms with Gasteiger partial charge in [0.05, 0.1) is 24.9 Å². The Morgan fingerprint density at radius 3 is 2.45 bits per heavy atom. The van der Waals surface area contributed by atoms with Crippen molar-refractivity contribution >= 4 is 5.69 Å². The van der Waals surface area contributed by atoms with Crippen molar-refractivity contribution in [2.24, 2.45) is 0 Å². The molecule has 0 saturated carbocycles. The van der Waals surface area contributed by atoms with Crippen molar-refractivity contribution in [1.29, 1.82) is 0 Å². The lowest BCUT2D eigenvalue weighted by molar-refractivity contribution is -0.137. The number of hydrogen-bond donors (Lipinski definition) is 1. The van der Waals surface area contributed by atoms with E-state index < -0.39 is 18.3 Å². The molecule has 0 radical (unpaired) electrons. The molecule has 3 nitrogen and oxygen atoms in total. The van der Waals surface area contributed by atoms with Gasteiger partial charge in [-0.15, -0.1) is 0 Å². The predicted octanol–water partition coefficient (Wildman–Crippen LogP) is 3.06. The third-order valence-corrected chi connectivity index (χ3v) is 2.84. The number of hydrogen-bond acceptors (Lipinski definition) is 3. The average molecular weight is 291 g/mol. The van der Waals surface area contributed by atoms with E-state index in [1.165, 1.54) is 17.0 Å². The highest BCUT2D eigenvalue weighted by Crippen LogP contribution is 2.36. The minimum Gasteiger partial charge on any atom is -0.392 e. The molecule has 1 N–H and O–H groups in total. The summed E-state index contributed by atoms with van der Waals surface area (Å²) in [6.45, 7) is 4.05. The Labute approximate surface area is 117 Å². The smallest absolute Gasteiger partial charge is 0.392 e. The van der Waals surface area contributed by atoms with E-state index in [2.05, 4.69) is 0 Å². The third kappa shape index (κ3) is 4.68. The first-order valence-electron chi connectivity index (χ1n) is 6.39. The van der Waals surface area contributed by atoms with Crippen LogP contribution < -0.4 is 4.90 Å². The van der Waals surface area contributed by atoms with Crippen molar-refractivity contribution in [2.45, 2.75) is 32.7 Å². The van der Waals surface area contributed by atoms with Gasteiger partial charge in [0, 0.05) is 19.3 Å². The van der Waals surface area contributed by atoms with Gasteiger partial charge in [-0.2, -0.15) is 13.2 Å². The van der Waals surface area contributed by atoms with Gasteiger partial charge in [0.1, 0.15) is 0 Å². The highest BCUT2D eigenvalue weighted by molar-refractivity contribution is 5.56. The van der Waals surface area contributed by atoms with Crippen molar-refractivity contribution in [3.8, 4) is 0 Å². The lowest BCUT2D eigenvalue weighted by atomic mass is 10.1. The Bertz CT molecular complexity index is 433. The van der Waals surface area contributed by atoms with Gasteiger partial charge in [-0.1, -0.05) is 6.07 Å². The number of likely N-dealkylation sites (N-methyl/N-ethyl adjacent to an activating group) is 1. The van der Waals surface area contributed by atoms with E-state index in [4.69, 9.17) is 9.84 Å². The molecule has 0 atom stereocenters. The molecule has 0 bridgehead atoms. The van der Waals surface area contributed by atoms with Crippen LogP contribution in [0.4, 0.5) is 18.9 Å². The summed E-state index contributed by atoms with van der Waals surface area (Å²) in [5.74, 6) is 0. The molecule has 0 saturated heterocycles. The molecule has 0 aliphatic heterocycles. The number of nitrogens with zero attached hydrogens (tertiary/aromatic N) is 1. The fraction of sp³-hybridized carbons (Fsp3) is 0.571. The summed E-state index contributed by atoms with van der Waals surface area (Å²) in [4.78, 5) is 1.51. The second-order valence-electron chi connectivity index (χ2n) is 4.85. The Morgan fingerprint density at radius 2 is 1.95 bits per heavy atom. The monoisotopic (exact) mass is 291 g/mol. The summed E-state index contributed by atoms with van der Waals surface area (Å²) in [6, 6.07) is 3.85. The predicted molar refractivity (Wildman–Crippen MR) is 71.7 cm³/mol. The molecule has 1 aromatic rings. The van der Waals surface area contributed by atoms with Crippen LogP contribution in [-0.4, -0.2) is 31.4 Å². The maximum Gasteiger partial charge on any atom is 0.418 e. The molecule has 0 aromatic heterocycles. The first-order valence-corrected chi connectivity index (χ1v) is 6.39. The van der Waals surface area contributed by atoms with Gasteiger partial charge in [0.25, 0.3) is 0 Å². The Balaban J connectivity index is 2.92. The number of alkyl halides is 3. The highest BCUT2D eigenvalue weighted by Gasteiger charge is 2.34. The summed E-state index contributed by atoms with van der Waals surface area (Å²) in [5, 5.41) is 8.96. The fourth-order valence-corrected chi connectivity index (χ4v) is 1.79. The van der Waals surface area contributed by atoms with Crippen molar-refractivity contribution < 1.29 is 23.0 Å². The number of anilines is 1. The number of ether oxygens (including phenoxy) is 1. The molecule has 6 heteroatoms. The van der Waals surface area contributed by atoms with Gasteiger partial charge in [0.15, 0.2) is 0 Å². The van der Waals surface area contributed by atoms with Crippen LogP contribution in [0.1, 0.15) is 25.0 Å². The number of halogens is 3. The zero-order chi connectivity index (χ0) is 15.3. The van der Waals surface area contributed by atoms with E-state index in [9.17, 15) is 13.2 Å². The zero-order valence-corrected chi connectivity index (χ0v) is 11.9. The second-order valence-corrected chi connectivity index (χ2v) is 4.85. The van der Waals surface area contributed by atoms with E-state index >= 15 is 0 Å². The summed E-state index contributed by atoms with van der Waals surface area (Å²) < 4.78 is 44.4. The molecule has 0 unspecified atom stereocenters. The van der Waals surface area contributed by atoms with Crippen LogP contribution >= 0.6 is 0 Å². The van der Waals surface area contributed by atoms with Crippen LogP contribution in [0, 0.1) is 0 Å². The van der Waals surface area contributed by atoms with Crippen LogP contribution in [0.25, 0.3) is 0 Å². The van der Waals surface area contributed by atoms with E-state index in [1.807, 2.05) is 13.8 Å². The molecule has 0 aliphatic carbocycles. The maximum atomic E-state index is 13.0. The van der Waals surface area contributed by atoms with E-state index in [0.29, 0.717) is 13.2 Å². The van der Waals surface area contributed by atoms with Crippen LogP contribution in [0.2, 0.25) is 0 Å². The van der Waals surface area contributed by atoms with Crippen LogP contribution in [-0.2, 0) is 17.5 Å². The second kappa shape index (κ2) is 6.95. The van der Waals surface area contributed by atoms with Gasteiger partial charge in [-0.3, -0.25) is 0 Å². The number of benzene rings is 1. The average Bonchev–Trinajstić information content (AvgIpc) is 2.36. The molecular formula is C14H20F3NO2. The van der Waals surface area contributed by atoms with Gasteiger partial charge >= 0.3 is 6.18 Å². The highest BCUT2D eigenvalue weighted by atomic mass is 19.4. The van der Waals surface area contributed by atoms with Crippen molar-refractivity contribution in [3.63, 3.8) is 0 Å². The normalized spacial score (nSPS) is 12.0. The molecule has 0 spiro atoms. The quantitative estimate of drug-likeness (QED) is 0.874. The zero-order valence-electron chi connectivity index (χ0n) is 11.9. The van der Waals surface area contributed by atoms with Gasteiger partial charge in [0.2, 0.25) is 0 Å². The summed E-state index contributed by atoms with van der Waals surface area (Å²) in [7, 11) is 1.59. The Kier molecular flexibility index (Phi) is 5.83. The summed E-state index contributed by atoms with van der Waals surface area (Å²) in [5.41, 5.74) is -0.411. The number of aliphatic hydroxyl groups excluding tert-OH is 1. The van der Waals surface area contributed by atoms with E-state index in [1.54, 1.807) is 7.05 Å². The van der Waals surface area contributed by atoms with Crippen LogP contribution in [0.15, 0.2) is 18.2 Å². The molecule has 114 valence electrons. The lowest BCUT2D eigenvalue weighted by Crippen LogP contribution is -2.26. The largest absolute Gasteiger partial charge is 0.418 e.